The molecule has 0 saturated heterocycles. The van der Waals surface area contributed by atoms with Crippen molar-refractivity contribution in [1.82, 2.24) is 9.55 Å². The highest BCUT2D eigenvalue weighted by molar-refractivity contribution is 7.89. The van der Waals surface area contributed by atoms with Gasteiger partial charge in [0.25, 0.3) is 5.56 Å². The Morgan fingerprint density at radius 3 is 2.67 bits per heavy atom. The van der Waals surface area contributed by atoms with Gasteiger partial charge in [0, 0.05) is 60.0 Å². The number of rotatable bonds is 6. The lowest BCUT2D eigenvalue weighted by Gasteiger charge is -2.32. The Morgan fingerprint density at radius 2 is 2.00 bits per heavy atom. The molecule has 3 heterocycles. The van der Waals surface area contributed by atoms with Crippen molar-refractivity contribution >= 4 is 32.4 Å². The third-order valence-corrected chi connectivity index (χ3v) is 7.25. The first-order valence-corrected chi connectivity index (χ1v) is 13.2. The third-order valence-electron chi connectivity index (χ3n) is 6.39. The van der Waals surface area contributed by atoms with Crippen molar-refractivity contribution in [2.24, 2.45) is 13.0 Å². The van der Waals surface area contributed by atoms with Crippen LogP contribution < -0.4 is 10.5 Å². The Morgan fingerprint density at radius 1 is 1.24 bits per heavy atom. The highest BCUT2D eigenvalue weighted by Crippen LogP contribution is 2.47. The van der Waals surface area contributed by atoms with Crippen LogP contribution >= 0.6 is 0 Å². The van der Waals surface area contributed by atoms with Gasteiger partial charge in [0.15, 0.2) is 15.9 Å². The number of aromatic nitrogens is 2. The number of aryl methyl sites for hydroxylation is 1. The maximum absolute atomic E-state index is 13.3. The number of nitrogens with one attached hydrogen (secondary N) is 1. The van der Waals surface area contributed by atoms with Gasteiger partial charge in [0.2, 0.25) is 0 Å². The summed E-state index contributed by atoms with van der Waals surface area (Å²) in [6.07, 6.45) is 6.92. The summed E-state index contributed by atoms with van der Waals surface area (Å²) in [5, 5.41) is 0.687. The van der Waals surface area contributed by atoms with Crippen LogP contribution in [0.5, 0.6) is 0 Å². The van der Waals surface area contributed by atoms with Gasteiger partial charge in [-0.3, -0.25) is 4.79 Å². The normalized spacial score (nSPS) is 17.7. The lowest BCUT2D eigenvalue weighted by Crippen LogP contribution is -2.36. The minimum Gasteiger partial charge on any atom is -0.464 e. The zero-order valence-corrected chi connectivity index (χ0v) is 19.7. The number of pyridine rings is 1. The molecule has 2 aromatic heterocycles. The second-order valence-corrected chi connectivity index (χ2v) is 11.3. The van der Waals surface area contributed by atoms with E-state index in [4.69, 9.17) is 4.74 Å². The number of fused-ring (bicyclic) bond motifs is 2. The number of benzene rings is 1. The van der Waals surface area contributed by atoms with E-state index in [1.54, 1.807) is 26.4 Å². The predicted molar refractivity (Wildman–Crippen MR) is 127 cm³/mol. The molecule has 1 fully saturated rings. The minimum absolute atomic E-state index is 0.0842. The Kier molecular flexibility index (Phi) is 5.12. The van der Waals surface area contributed by atoms with Crippen LogP contribution in [0.1, 0.15) is 36.9 Å². The van der Waals surface area contributed by atoms with Crippen molar-refractivity contribution < 1.29 is 17.9 Å². The molecule has 1 aliphatic carbocycles. The molecule has 174 valence electrons. The minimum atomic E-state index is -3.23. The molecular weight excluding hydrogens is 442 g/mol. The Bertz CT molecular complexity index is 1430. The molecular formula is C24H27N3O5S. The number of hydrogen-bond acceptors (Lipinski definition) is 6. The van der Waals surface area contributed by atoms with Crippen molar-refractivity contribution in [1.29, 1.82) is 0 Å². The fraction of sp³-hybridized carbons (Fsp3) is 0.417. The number of nitrogens with zero attached hydrogens (tertiary/aromatic N) is 2. The van der Waals surface area contributed by atoms with Crippen molar-refractivity contribution in [3.8, 4) is 11.1 Å². The van der Waals surface area contributed by atoms with Crippen LogP contribution in [0.15, 0.2) is 35.4 Å². The molecule has 8 nitrogen and oxygen atoms in total. The molecule has 0 amide bonds. The monoisotopic (exact) mass is 469 g/mol. The molecule has 1 unspecified atom stereocenters. The number of hydrogen-bond donors (Lipinski definition) is 1. The summed E-state index contributed by atoms with van der Waals surface area (Å²) in [5.41, 5.74) is 4.05. The number of carbonyl (C=O) groups is 1. The standard InChI is InChI=1S/C24H27N3O5S/c1-4-32-24(29)22-17-10-25-21-20(17)18(12-26(2)23(21)28)16-9-15(13-33(3,30)31)7-8-19(16)27(22)11-14-5-6-14/h7-10,12,14,22,25H,4-6,11,13H2,1-3H3. The largest absolute Gasteiger partial charge is 0.464 e. The quantitative estimate of drug-likeness (QED) is 0.557. The summed E-state index contributed by atoms with van der Waals surface area (Å²) < 4.78 is 31.0. The lowest BCUT2D eigenvalue weighted by molar-refractivity contribution is -0.144. The van der Waals surface area contributed by atoms with Crippen molar-refractivity contribution in [2.75, 3.05) is 24.3 Å². The van der Waals surface area contributed by atoms with Crippen LogP contribution in [-0.2, 0) is 32.2 Å². The lowest BCUT2D eigenvalue weighted by atomic mass is 9.98. The second kappa shape index (κ2) is 7.76. The van der Waals surface area contributed by atoms with E-state index in [1.165, 1.54) is 10.8 Å². The van der Waals surface area contributed by atoms with Crippen LogP contribution in [0.4, 0.5) is 5.69 Å². The molecule has 33 heavy (non-hydrogen) atoms. The fourth-order valence-corrected chi connectivity index (χ4v) is 5.60. The van der Waals surface area contributed by atoms with Gasteiger partial charge in [-0.1, -0.05) is 6.07 Å². The van der Waals surface area contributed by atoms with Crippen LogP contribution in [0.25, 0.3) is 22.0 Å². The smallest absolute Gasteiger partial charge is 0.333 e. The Balaban J connectivity index is 1.83. The van der Waals surface area contributed by atoms with Crippen LogP contribution in [0.2, 0.25) is 0 Å². The first-order chi connectivity index (χ1) is 15.7. The molecule has 1 aromatic carbocycles. The maximum atomic E-state index is 13.3. The number of aromatic amines is 1. The van der Waals surface area contributed by atoms with Gasteiger partial charge in [0.05, 0.1) is 12.4 Å². The molecule has 1 aliphatic heterocycles. The Hall–Kier alpha value is -3.07. The molecule has 3 aromatic rings. The third kappa shape index (κ3) is 3.84. The summed E-state index contributed by atoms with van der Waals surface area (Å²) in [6.45, 7) is 2.71. The van der Waals surface area contributed by atoms with Crippen LogP contribution in [0.3, 0.4) is 0 Å². The van der Waals surface area contributed by atoms with Crippen molar-refractivity contribution in [3.63, 3.8) is 0 Å². The first kappa shape index (κ1) is 21.8. The van der Waals surface area contributed by atoms with Gasteiger partial charge >= 0.3 is 5.97 Å². The van der Waals surface area contributed by atoms with Crippen molar-refractivity contribution in [2.45, 2.75) is 31.6 Å². The summed E-state index contributed by atoms with van der Waals surface area (Å²) in [4.78, 5) is 31.4. The number of sulfone groups is 1. The van der Waals surface area contributed by atoms with E-state index < -0.39 is 15.9 Å². The van der Waals surface area contributed by atoms with Crippen LogP contribution in [0, 0.1) is 5.92 Å². The number of anilines is 1. The van der Waals surface area contributed by atoms with E-state index in [0.717, 1.165) is 29.7 Å². The van der Waals surface area contributed by atoms with E-state index in [2.05, 4.69) is 9.88 Å². The van der Waals surface area contributed by atoms with E-state index >= 15 is 0 Å². The average Bonchev–Trinajstić information content (AvgIpc) is 3.47. The SMILES string of the molecule is CCOC(=O)C1c2c[nH]c3c(=O)n(C)cc(c23)-c2cc(CS(C)(=O)=O)ccc2N1CC1CC1. The number of H-pyrrole nitrogens is 1. The number of ether oxygens (including phenoxy) is 1. The molecule has 5 rings (SSSR count). The molecule has 2 aliphatic rings. The van der Waals surface area contributed by atoms with E-state index in [0.29, 0.717) is 34.5 Å². The van der Waals surface area contributed by atoms with Crippen molar-refractivity contribution in [3.05, 3.63) is 52.1 Å². The van der Waals surface area contributed by atoms with Gasteiger partial charge in [-0.2, -0.15) is 0 Å². The molecule has 1 atom stereocenters. The van der Waals surface area contributed by atoms with Gasteiger partial charge in [0.1, 0.15) is 5.52 Å². The predicted octanol–water partition coefficient (Wildman–Crippen LogP) is 2.91. The van der Waals surface area contributed by atoms with E-state index in [9.17, 15) is 18.0 Å². The molecule has 1 N–H and O–H groups in total. The highest BCUT2D eigenvalue weighted by Gasteiger charge is 2.39. The van der Waals surface area contributed by atoms with E-state index in [-0.39, 0.29) is 23.9 Å². The topological polar surface area (TPSA) is 101 Å². The average molecular weight is 470 g/mol. The van der Waals surface area contributed by atoms with Gasteiger partial charge in [-0.25, -0.2) is 13.2 Å². The summed E-state index contributed by atoms with van der Waals surface area (Å²) in [6, 6.07) is 4.88. The highest BCUT2D eigenvalue weighted by atomic mass is 32.2. The van der Waals surface area contributed by atoms with E-state index in [1.807, 2.05) is 18.2 Å². The van der Waals surface area contributed by atoms with Gasteiger partial charge < -0.3 is 19.2 Å². The maximum Gasteiger partial charge on any atom is 0.333 e. The molecule has 9 heteroatoms. The van der Waals surface area contributed by atoms with Crippen LogP contribution in [-0.4, -0.2) is 43.3 Å². The van der Waals surface area contributed by atoms with Gasteiger partial charge in [-0.15, -0.1) is 0 Å². The number of carbonyl (C=O) groups excluding carboxylic acids is 1. The zero-order chi connectivity index (χ0) is 23.5. The van der Waals surface area contributed by atoms with Gasteiger partial charge in [-0.05, 0) is 43.4 Å². The molecule has 0 spiro atoms. The zero-order valence-electron chi connectivity index (χ0n) is 18.9. The second-order valence-electron chi connectivity index (χ2n) is 9.12. The summed E-state index contributed by atoms with van der Waals surface area (Å²) in [5.74, 6) is 0.0325. The first-order valence-electron chi connectivity index (χ1n) is 11.1. The molecule has 1 saturated carbocycles. The molecule has 0 bridgehead atoms. The molecule has 0 radical (unpaired) electrons. The summed E-state index contributed by atoms with van der Waals surface area (Å²) in [7, 11) is -1.54. The Labute approximate surface area is 192 Å². The summed E-state index contributed by atoms with van der Waals surface area (Å²) >= 11 is 0. The fourth-order valence-electron chi connectivity index (χ4n) is 4.82. The number of esters is 1.